The molecule has 0 saturated heterocycles. The minimum absolute atomic E-state index is 0. The predicted octanol–water partition coefficient (Wildman–Crippen LogP) is 3.71. The second-order valence-electron chi connectivity index (χ2n) is 7.17. The number of methoxy groups -OCH3 is 1. The summed E-state index contributed by atoms with van der Waals surface area (Å²) in [6.45, 7) is 4.30. The second-order valence-corrected chi connectivity index (χ2v) is 7.17. The molecule has 1 aliphatic carbocycles. The first-order chi connectivity index (χ1) is 13.7. The van der Waals surface area contributed by atoms with Crippen LogP contribution in [0.3, 0.4) is 0 Å². The maximum Gasteiger partial charge on any atom is 0.213 e. The summed E-state index contributed by atoms with van der Waals surface area (Å²) in [7, 11) is 3.48. The number of rotatable bonds is 9. The van der Waals surface area contributed by atoms with E-state index in [2.05, 4.69) is 39.7 Å². The van der Waals surface area contributed by atoms with Crippen molar-refractivity contribution >= 4 is 29.9 Å². The van der Waals surface area contributed by atoms with Crippen LogP contribution >= 0.6 is 24.0 Å². The molecule has 0 bridgehead atoms. The molecule has 1 aromatic carbocycles. The molecule has 29 heavy (non-hydrogen) atoms. The summed E-state index contributed by atoms with van der Waals surface area (Å²) in [5.41, 5.74) is 3.54. The number of guanidine groups is 1. The number of pyridine rings is 1. The molecule has 0 amide bonds. The number of aryl methyl sites for hydroxylation is 1. The SMILES string of the molecule is CN=C(NCCc1cc(C)ccc1OC)NCc1ccnc(OCC2CC2)c1.I. The Kier molecular flexibility index (Phi) is 9.50. The van der Waals surface area contributed by atoms with E-state index in [1.807, 2.05) is 18.2 Å². The fourth-order valence-electron chi connectivity index (χ4n) is 2.95. The first kappa shape index (κ1) is 23.3. The van der Waals surface area contributed by atoms with Crippen LogP contribution < -0.4 is 20.1 Å². The number of hydrogen-bond acceptors (Lipinski definition) is 4. The number of aromatic nitrogens is 1. The minimum Gasteiger partial charge on any atom is -0.496 e. The third kappa shape index (κ3) is 7.72. The van der Waals surface area contributed by atoms with Crippen LogP contribution in [0.4, 0.5) is 0 Å². The van der Waals surface area contributed by atoms with Crippen LogP contribution in [0, 0.1) is 12.8 Å². The van der Waals surface area contributed by atoms with Crippen LogP contribution in [-0.4, -0.2) is 38.3 Å². The molecule has 1 aromatic heterocycles. The molecule has 0 unspecified atom stereocenters. The highest BCUT2D eigenvalue weighted by atomic mass is 127. The van der Waals surface area contributed by atoms with Gasteiger partial charge in [-0.2, -0.15) is 0 Å². The number of nitrogens with zero attached hydrogens (tertiary/aromatic N) is 2. The molecule has 3 rings (SSSR count). The number of benzene rings is 1. The van der Waals surface area contributed by atoms with Crippen LogP contribution in [0.25, 0.3) is 0 Å². The number of ether oxygens (including phenoxy) is 2. The van der Waals surface area contributed by atoms with E-state index in [9.17, 15) is 0 Å². The number of hydrogen-bond donors (Lipinski definition) is 2. The Morgan fingerprint density at radius 2 is 2.03 bits per heavy atom. The third-order valence-electron chi connectivity index (χ3n) is 4.77. The van der Waals surface area contributed by atoms with Crippen LogP contribution in [0.5, 0.6) is 11.6 Å². The van der Waals surface area contributed by atoms with Crippen molar-refractivity contribution in [1.82, 2.24) is 15.6 Å². The van der Waals surface area contributed by atoms with Crippen molar-refractivity contribution in [3.8, 4) is 11.6 Å². The molecular weight excluding hydrogens is 479 g/mol. The molecule has 0 spiro atoms. The molecule has 1 aliphatic rings. The van der Waals surface area contributed by atoms with E-state index in [0.29, 0.717) is 12.4 Å². The van der Waals surface area contributed by atoms with Crippen LogP contribution in [0.2, 0.25) is 0 Å². The van der Waals surface area contributed by atoms with E-state index >= 15 is 0 Å². The van der Waals surface area contributed by atoms with Crippen molar-refractivity contribution in [3.63, 3.8) is 0 Å². The van der Waals surface area contributed by atoms with Crippen molar-refractivity contribution in [2.75, 3.05) is 27.3 Å². The molecule has 2 N–H and O–H groups in total. The molecule has 158 valence electrons. The maximum absolute atomic E-state index is 5.75. The molecule has 0 atom stereocenters. The molecule has 1 fully saturated rings. The van der Waals surface area contributed by atoms with Gasteiger partial charge in [-0.3, -0.25) is 4.99 Å². The van der Waals surface area contributed by atoms with E-state index in [0.717, 1.165) is 42.8 Å². The molecule has 6 nitrogen and oxygen atoms in total. The lowest BCUT2D eigenvalue weighted by Gasteiger charge is -2.14. The van der Waals surface area contributed by atoms with Gasteiger partial charge in [0, 0.05) is 32.4 Å². The molecule has 7 heteroatoms. The van der Waals surface area contributed by atoms with E-state index < -0.39 is 0 Å². The first-order valence-electron chi connectivity index (χ1n) is 9.83. The van der Waals surface area contributed by atoms with Crippen molar-refractivity contribution in [2.24, 2.45) is 10.9 Å². The number of nitrogens with one attached hydrogen (secondary N) is 2. The zero-order valence-corrected chi connectivity index (χ0v) is 19.7. The van der Waals surface area contributed by atoms with Gasteiger partial charge in [0.1, 0.15) is 5.75 Å². The highest BCUT2D eigenvalue weighted by Crippen LogP contribution is 2.29. The Bertz CT molecular complexity index is 809. The van der Waals surface area contributed by atoms with E-state index in [1.165, 1.54) is 24.0 Å². The summed E-state index contributed by atoms with van der Waals surface area (Å²) < 4.78 is 11.2. The Hall–Kier alpha value is -2.03. The van der Waals surface area contributed by atoms with Gasteiger partial charge in [-0.25, -0.2) is 4.98 Å². The number of halogens is 1. The fraction of sp³-hybridized carbons (Fsp3) is 0.455. The van der Waals surface area contributed by atoms with E-state index in [-0.39, 0.29) is 24.0 Å². The third-order valence-corrected chi connectivity index (χ3v) is 4.77. The van der Waals surface area contributed by atoms with Gasteiger partial charge in [-0.05, 0) is 55.4 Å². The molecule has 2 aromatic rings. The largest absolute Gasteiger partial charge is 0.496 e. The summed E-state index contributed by atoms with van der Waals surface area (Å²) in [6.07, 6.45) is 5.20. The highest BCUT2D eigenvalue weighted by molar-refractivity contribution is 14.0. The Morgan fingerprint density at radius 3 is 2.76 bits per heavy atom. The summed E-state index contributed by atoms with van der Waals surface area (Å²) in [5, 5.41) is 6.70. The Morgan fingerprint density at radius 1 is 1.21 bits per heavy atom. The second kappa shape index (κ2) is 11.8. The van der Waals surface area contributed by atoms with Gasteiger partial charge in [0.05, 0.1) is 13.7 Å². The lowest BCUT2D eigenvalue weighted by atomic mass is 10.1. The molecule has 0 radical (unpaired) electrons. The standard InChI is InChI=1S/C22H30N4O2.HI/c1-16-4-7-20(27-3)19(12-16)9-11-25-22(23-2)26-14-18-8-10-24-21(13-18)28-15-17-5-6-17;/h4,7-8,10,12-13,17H,5-6,9,11,14-15H2,1-3H3,(H2,23,25,26);1H. The normalized spacial score (nSPS) is 13.4. The van der Waals surface area contributed by atoms with Gasteiger partial charge in [0.15, 0.2) is 5.96 Å². The van der Waals surface area contributed by atoms with Crippen LogP contribution in [0.1, 0.15) is 29.5 Å². The van der Waals surface area contributed by atoms with Gasteiger partial charge in [0.2, 0.25) is 5.88 Å². The smallest absolute Gasteiger partial charge is 0.213 e. The molecule has 0 aliphatic heterocycles. The zero-order valence-electron chi connectivity index (χ0n) is 17.4. The fourth-order valence-corrected chi connectivity index (χ4v) is 2.95. The van der Waals surface area contributed by atoms with Crippen molar-refractivity contribution in [1.29, 1.82) is 0 Å². The molecular formula is C22H31IN4O2. The van der Waals surface area contributed by atoms with Gasteiger partial charge < -0.3 is 20.1 Å². The quantitative estimate of drug-likeness (QED) is 0.306. The predicted molar refractivity (Wildman–Crippen MR) is 128 cm³/mol. The molecule has 1 saturated carbocycles. The van der Waals surface area contributed by atoms with Crippen LogP contribution in [0.15, 0.2) is 41.5 Å². The van der Waals surface area contributed by atoms with Gasteiger partial charge >= 0.3 is 0 Å². The average molecular weight is 510 g/mol. The summed E-state index contributed by atoms with van der Waals surface area (Å²) >= 11 is 0. The van der Waals surface area contributed by atoms with Crippen molar-refractivity contribution in [2.45, 2.75) is 32.7 Å². The maximum atomic E-state index is 5.75. The Balaban J connectivity index is 0.00000300. The van der Waals surface area contributed by atoms with E-state index in [1.54, 1.807) is 20.4 Å². The lowest BCUT2D eigenvalue weighted by molar-refractivity contribution is 0.288. The summed E-state index contributed by atoms with van der Waals surface area (Å²) in [5.74, 6) is 3.11. The van der Waals surface area contributed by atoms with Gasteiger partial charge in [0.25, 0.3) is 0 Å². The monoisotopic (exact) mass is 510 g/mol. The number of aliphatic imine (C=N–C) groups is 1. The zero-order chi connectivity index (χ0) is 19.8. The Labute approximate surface area is 190 Å². The van der Waals surface area contributed by atoms with Crippen molar-refractivity contribution < 1.29 is 9.47 Å². The topological polar surface area (TPSA) is 67.8 Å². The first-order valence-corrected chi connectivity index (χ1v) is 9.83. The highest BCUT2D eigenvalue weighted by Gasteiger charge is 2.22. The summed E-state index contributed by atoms with van der Waals surface area (Å²) in [4.78, 5) is 8.59. The minimum atomic E-state index is 0. The van der Waals surface area contributed by atoms with Crippen molar-refractivity contribution in [3.05, 3.63) is 53.2 Å². The summed E-state index contributed by atoms with van der Waals surface area (Å²) in [6, 6.07) is 10.2. The van der Waals surface area contributed by atoms with Gasteiger partial charge in [-0.1, -0.05) is 17.7 Å². The van der Waals surface area contributed by atoms with Crippen LogP contribution in [-0.2, 0) is 13.0 Å². The average Bonchev–Trinajstić information content (AvgIpc) is 3.54. The molecule has 1 heterocycles. The lowest BCUT2D eigenvalue weighted by Crippen LogP contribution is -2.37. The van der Waals surface area contributed by atoms with Gasteiger partial charge in [-0.15, -0.1) is 24.0 Å². The van der Waals surface area contributed by atoms with E-state index in [4.69, 9.17) is 9.47 Å².